The summed E-state index contributed by atoms with van der Waals surface area (Å²) in [6.45, 7) is 2.16. The van der Waals surface area contributed by atoms with E-state index in [1.165, 1.54) is 0 Å². The Kier molecular flexibility index (Phi) is 7.31. The zero-order valence-electron chi connectivity index (χ0n) is 18.6. The highest BCUT2D eigenvalue weighted by atomic mass is 16.3. The van der Waals surface area contributed by atoms with Gasteiger partial charge in [0.2, 0.25) is 5.91 Å². The second-order valence-corrected chi connectivity index (χ2v) is 8.12. The van der Waals surface area contributed by atoms with Crippen molar-refractivity contribution in [2.45, 2.75) is 25.4 Å². The number of para-hydroxylation sites is 1. The Morgan fingerprint density at radius 3 is 2.85 bits per heavy atom. The standard InChI is InChI=1S/C24H28N6O3/c1-29(16-18-7-5-13-30(18)22-11-4-12-26-28-22)17-23(31)27-21-10-3-2-9-20(21)24(32)25-15-19-8-6-14-33-19/h2-4,6,8-12,14,18H,5,7,13,15-17H2,1H3,(H,25,32)(H,27,31). The van der Waals surface area contributed by atoms with Crippen LogP contribution >= 0.6 is 0 Å². The van der Waals surface area contributed by atoms with Crippen LogP contribution in [0, 0.1) is 0 Å². The minimum atomic E-state index is -0.277. The lowest BCUT2D eigenvalue weighted by molar-refractivity contribution is -0.117. The molecule has 0 bridgehead atoms. The highest BCUT2D eigenvalue weighted by Crippen LogP contribution is 2.23. The van der Waals surface area contributed by atoms with Gasteiger partial charge in [0.25, 0.3) is 5.91 Å². The minimum Gasteiger partial charge on any atom is -0.467 e. The number of hydrogen-bond acceptors (Lipinski definition) is 7. The summed E-state index contributed by atoms with van der Waals surface area (Å²) in [7, 11) is 1.93. The second-order valence-electron chi connectivity index (χ2n) is 8.12. The Morgan fingerprint density at radius 1 is 1.18 bits per heavy atom. The molecule has 3 heterocycles. The quantitative estimate of drug-likeness (QED) is 0.518. The molecule has 33 heavy (non-hydrogen) atoms. The molecule has 9 nitrogen and oxygen atoms in total. The maximum absolute atomic E-state index is 12.7. The van der Waals surface area contributed by atoms with Crippen molar-refractivity contribution in [3.8, 4) is 0 Å². The first-order chi connectivity index (χ1) is 16.1. The molecule has 172 valence electrons. The van der Waals surface area contributed by atoms with Crippen LogP contribution in [0.15, 0.2) is 65.4 Å². The van der Waals surface area contributed by atoms with E-state index in [2.05, 4.69) is 25.7 Å². The van der Waals surface area contributed by atoms with Crippen molar-refractivity contribution in [2.24, 2.45) is 0 Å². The molecule has 2 N–H and O–H groups in total. The third-order valence-electron chi connectivity index (χ3n) is 5.61. The van der Waals surface area contributed by atoms with Crippen LogP contribution in [0.3, 0.4) is 0 Å². The van der Waals surface area contributed by atoms with E-state index >= 15 is 0 Å². The number of carbonyl (C=O) groups excluding carboxylic acids is 2. The molecule has 1 unspecified atom stereocenters. The lowest BCUT2D eigenvalue weighted by atomic mass is 10.1. The number of amides is 2. The second kappa shape index (κ2) is 10.7. The number of carbonyl (C=O) groups is 2. The van der Waals surface area contributed by atoms with Crippen LogP contribution < -0.4 is 15.5 Å². The van der Waals surface area contributed by atoms with Crippen molar-refractivity contribution < 1.29 is 14.0 Å². The fraction of sp³-hybridized carbons (Fsp3) is 0.333. The van der Waals surface area contributed by atoms with E-state index in [-0.39, 0.29) is 30.9 Å². The molecule has 1 aliphatic rings. The van der Waals surface area contributed by atoms with Crippen molar-refractivity contribution in [2.75, 3.05) is 36.9 Å². The number of nitrogens with one attached hydrogen (secondary N) is 2. The van der Waals surface area contributed by atoms with Gasteiger partial charge in [-0.15, -0.1) is 5.10 Å². The average Bonchev–Trinajstić information content (AvgIpc) is 3.50. The Hall–Kier alpha value is -3.72. The van der Waals surface area contributed by atoms with Crippen molar-refractivity contribution >= 4 is 23.3 Å². The summed E-state index contributed by atoms with van der Waals surface area (Å²) in [5.41, 5.74) is 0.888. The van der Waals surface area contributed by atoms with E-state index < -0.39 is 0 Å². The monoisotopic (exact) mass is 448 g/mol. The van der Waals surface area contributed by atoms with E-state index in [0.29, 0.717) is 17.0 Å². The Bertz CT molecular complexity index is 1060. The molecule has 2 amide bonds. The molecule has 2 aromatic heterocycles. The molecule has 1 atom stereocenters. The number of benzene rings is 1. The molecule has 1 aromatic carbocycles. The number of aromatic nitrogens is 2. The number of hydrogen-bond donors (Lipinski definition) is 2. The lowest BCUT2D eigenvalue weighted by Gasteiger charge is -2.29. The molecule has 9 heteroatoms. The molecule has 4 rings (SSSR count). The van der Waals surface area contributed by atoms with Gasteiger partial charge in [0, 0.05) is 25.3 Å². The zero-order valence-corrected chi connectivity index (χ0v) is 18.6. The predicted octanol–water partition coefficient (Wildman–Crippen LogP) is 2.54. The van der Waals surface area contributed by atoms with E-state index in [0.717, 1.165) is 31.7 Å². The summed E-state index contributed by atoms with van der Waals surface area (Å²) in [6, 6.07) is 14.7. The van der Waals surface area contributed by atoms with Crippen LogP contribution in [-0.4, -0.2) is 59.6 Å². The average molecular weight is 449 g/mol. The summed E-state index contributed by atoms with van der Waals surface area (Å²) >= 11 is 0. The Balaban J connectivity index is 1.31. The highest BCUT2D eigenvalue weighted by Gasteiger charge is 2.27. The molecule has 0 spiro atoms. The largest absolute Gasteiger partial charge is 0.467 e. The molecule has 1 aliphatic heterocycles. The minimum absolute atomic E-state index is 0.173. The van der Waals surface area contributed by atoms with Gasteiger partial charge in [-0.3, -0.25) is 14.5 Å². The van der Waals surface area contributed by atoms with Gasteiger partial charge >= 0.3 is 0 Å². The van der Waals surface area contributed by atoms with Crippen LogP contribution in [0.1, 0.15) is 29.0 Å². The molecule has 0 saturated carbocycles. The number of rotatable bonds is 9. The van der Waals surface area contributed by atoms with Gasteiger partial charge in [-0.25, -0.2) is 0 Å². The van der Waals surface area contributed by atoms with E-state index in [1.807, 2.05) is 24.1 Å². The number of nitrogens with zero attached hydrogens (tertiary/aromatic N) is 4. The summed E-state index contributed by atoms with van der Waals surface area (Å²) in [5.74, 6) is 1.08. The van der Waals surface area contributed by atoms with Crippen molar-refractivity contribution in [3.63, 3.8) is 0 Å². The van der Waals surface area contributed by atoms with Gasteiger partial charge in [-0.05, 0) is 56.3 Å². The fourth-order valence-electron chi connectivity index (χ4n) is 4.10. The van der Waals surface area contributed by atoms with E-state index in [1.54, 1.807) is 48.9 Å². The molecular weight excluding hydrogens is 420 g/mol. The van der Waals surface area contributed by atoms with Gasteiger partial charge in [0.05, 0.1) is 30.6 Å². The summed E-state index contributed by atoms with van der Waals surface area (Å²) in [5, 5.41) is 13.9. The third kappa shape index (κ3) is 5.95. The van der Waals surface area contributed by atoms with Crippen LogP contribution in [-0.2, 0) is 11.3 Å². The van der Waals surface area contributed by atoms with Gasteiger partial charge in [-0.2, -0.15) is 5.10 Å². The first-order valence-electron chi connectivity index (χ1n) is 11.0. The topological polar surface area (TPSA) is 104 Å². The van der Waals surface area contributed by atoms with E-state index in [4.69, 9.17) is 4.42 Å². The van der Waals surface area contributed by atoms with Gasteiger partial charge in [0.1, 0.15) is 5.76 Å². The zero-order chi connectivity index (χ0) is 23.0. The lowest BCUT2D eigenvalue weighted by Crippen LogP contribution is -2.42. The van der Waals surface area contributed by atoms with Crippen LogP contribution in [0.25, 0.3) is 0 Å². The molecule has 0 radical (unpaired) electrons. The predicted molar refractivity (Wildman–Crippen MR) is 125 cm³/mol. The molecule has 3 aromatic rings. The molecule has 1 saturated heterocycles. The summed E-state index contributed by atoms with van der Waals surface area (Å²) in [6.07, 6.45) is 5.35. The summed E-state index contributed by atoms with van der Waals surface area (Å²) < 4.78 is 5.25. The van der Waals surface area contributed by atoms with Crippen LogP contribution in [0.5, 0.6) is 0 Å². The Morgan fingerprint density at radius 2 is 2.06 bits per heavy atom. The first-order valence-corrected chi connectivity index (χ1v) is 11.0. The first kappa shape index (κ1) is 22.5. The van der Waals surface area contributed by atoms with Crippen molar-refractivity contribution in [1.82, 2.24) is 20.4 Å². The Labute approximate surface area is 192 Å². The van der Waals surface area contributed by atoms with E-state index in [9.17, 15) is 9.59 Å². The van der Waals surface area contributed by atoms with Crippen LogP contribution in [0.4, 0.5) is 11.5 Å². The number of furan rings is 1. The maximum atomic E-state index is 12.7. The van der Waals surface area contributed by atoms with Gasteiger partial charge in [0.15, 0.2) is 5.82 Å². The third-order valence-corrected chi connectivity index (χ3v) is 5.61. The van der Waals surface area contributed by atoms with Crippen LogP contribution in [0.2, 0.25) is 0 Å². The van der Waals surface area contributed by atoms with Gasteiger partial charge in [-0.1, -0.05) is 12.1 Å². The smallest absolute Gasteiger partial charge is 0.253 e. The van der Waals surface area contributed by atoms with Crippen molar-refractivity contribution in [1.29, 1.82) is 0 Å². The number of anilines is 2. The summed E-state index contributed by atoms with van der Waals surface area (Å²) in [4.78, 5) is 29.6. The normalized spacial score (nSPS) is 15.6. The van der Waals surface area contributed by atoms with Gasteiger partial charge < -0.3 is 20.0 Å². The van der Waals surface area contributed by atoms with Crippen molar-refractivity contribution in [3.05, 3.63) is 72.3 Å². The SMILES string of the molecule is CN(CC(=O)Nc1ccccc1C(=O)NCc1ccco1)CC1CCCN1c1cccnn1. The maximum Gasteiger partial charge on any atom is 0.253 e. The number of likely N-dealkylation sites (N-methyl/N-ethyl adjacent to an activating group) is 1. The fourth-order valence-corrected chi connectivity index (χ4v) is 4.10. The molecular formula is C24H28N6O3. The molecule has 1 fully saturated rings. The highest BCUT2D eigenvalue weighted by molar-refractivity contribution is 6.04. The molecule has 0 aliphatic carbocycles.